The zero-order valence-electron chi connectivity index (χ0n) is 25.7. The molecule has 0 bridgehead atoms. The highest BCUT2D eigenvalue weighted by atomic mass is 14.5. The van der Waals surface area contributed by atoms with Crippen molar-refractivity contribution >= 4 is 21.5 Å². The van der Waals surface area contributed by atoms with Crippen LogP contribution in [0.5, 0.6) is 0 Å². The van der Waals surface area contributed by atoms with Gasteiger partial charge in [0.05, 0.1) is 5.41 Å². The fourth-order valence-corrected chi connectivity index (χ4v) is 8.01. The largest absolute Gasteiger partial charge is 0.0719 e. The van der Waals surface area contributed by atoms with E-state index in [2.05, 4.69) is 183 Å². The molecule has 0 saturated heterocycles. The van der Waals surface area contributed by atoms with Crippen molar-refractivity contribution in [1.29, 1.82) is 0 Å². The van der Waals surface area contributed by atoms with Gasteiger partial charge in [-0.15, -0.1) is 0 Å². The van der Waals surface area contributed by atoms with Crippen molar-refractivity contribution in [2.24, 2.45) is 0 Å². The summed E-state index contributed by atoms with van der Waals surface area (Å²) in [5.74, 6) is 0. The number of fused-ring (bicyclic) bond motifs is 7. The lowest BCUT2D eigenvalue weighted by Gasteiger charge is -2.35. The van der Waals surface area contributed by atoms with Crippen molar-refractivity contribution < 1.29 is 0 Å². The second kappa shape index (κ2) is 10.4. The molecule has 8 aromatic carbocycles. The summed E-state index contributed by atoms with van der Waals surface area (Å²) in [5, 5.41) is 5.14. The van der Waals surface area contributed by atoms with Crippen molar-refractivity contribution in [3.05, 3.63) is 204 Å². The molecule has 0 unspecified atom stereocenters. The number of aryl methyl sites for hydroxylation is 1. The number of rotatable bonds is 4. The molecule has 9 rings (SSSR count). The molecule has 0 aromatic heterocycles. The smallest absolute Gasteiger partial charge is 0.0622 e. The summed E-state index contributed by atoms with van der Waals surface area (Å²) < 4.78 is 0. The second-order valence-electron chi connectivity index (χ2n) is 12.5. The third-order valence-corrected chi connectivity index (χ3v) is 9.98. The summed E-state index contributed by atoms with van der Waals surface area (Å²) in [7, 11) is 0. The molecule has 1 aliphatic rings. The van der Waals surface area contributed by atoms with E-state index in [0.717, 1.165) is 0 Å². The Bertz CT molecular complexity index is 2350. The summed E-state index contributed by atoms with van der Waals surface area (Å²) >= 11 is 0. The molecule has 0 nitrogen and oxygen atoms in total. The second-order valence-corrected chi connectivity index (χ2v) is 12.5. The molecule has 0 saturated carbocycles. The molecule has 0 amide bonds. The van der Waals surface area contributed by atoms with E-state index in [9.17, 15) is 0 Å². The Hall–Kier alpha value is -5.72. The summed E-state index contributed by atoms with van der Waals surface area (Å²) in [4.78, 5) is 0. The van der Waals surface area contributed by atoms with Crippen molar-refractivity contribution in [2.75, 3.05) is 0 Å². The van der Waals surface area contributed by atoms with Crippen LogP contribution in [0.1, 0.15) is 27.8 Å². The first-order valence-corrected chi connectivity index (χ1v) is 16.1. The minimum absolute atomic E-state index is 0.466. The molecule has 0 spiro atoms. The van der Waals surface area contributed by atoms with Crippen LogP contribution in [0.15, 0.2) is 176 Å². The van der Waals surface area contributed by atoms with E-state index in [1.165, 1.54) is 82.7 Å². The average molecular weight is 585 g/mol. The lowest BCUT2D eigenvalue weighted by atomic mass is 9.66. The number of hydrogen-bond acceptors (Lipinski definition) is 0. The predicted octanol–water partition coefficient (Wildman–Crippen LogP) is 12.0. The van der Waals surface area contributed by atoms with Gasteiger partial charge in [0.2, 0.25) is 0 Å². The van der Waals surface area contributed by atoms with Crippen LogP contribution in [0.4, 0.5) is 0 Å². The molecule has 0 atom stereocenters. The monoisotopic (exact) mass is 584 g/mol. The zero-order chi connectivity index (χ0) is 30.7. The Balaban J connectivity index is 1.47. The van der Waals surface area contributed by atoms with E-state index in [1.807, 2.05) is 0 Å². The Morgan fingerprint density at radius 2 is 0.913 bits per heavy atom. The minimum Gasteiger partial charge on any atom is -0.0622 e. The van der Waals surface area contributed by atoms with E-state index in [4.69, 9.17) is 0 Å². The molecule has 0 heteroatoms. The van der Waals surface area contributed by atoms with Gasteiger partial charge in [0.1, 0.15) is 0 Å². The van der Waals surface area contributed by atoms with Gasteiger partial charge in [-0.25, -0.2) is 0 Å². The summed E-state index contributed by atoms with van der Waals surface area (Å²) in [6.07, 6.45) is 0. The van der Waals surface area contributed by atoms with E-state index in [0.29, 0.717) is 0 Å². The Labute approximate surface area is 270 Å². The lowest BCUT2D eigenvalue weighted by Crippen LogP contribution is -2.28. The van der Waals surface area contributed by atoms with E-state index >= 15 is 0 Å². The first-order valence-electron chi connectivity index (χ1n) is 16.1. The van der Waals surface area contributed by atoms with Gasteiger partial charge >= 0.3 is 0 Å². The number of benzene rings is 8. The lowest BCUT2D eigenvalue weighted by molar-refractivity contribution is 0.775. The van der Waals surface area contributed by atoms with Gasteiger partial charge in [-0.1, -0.05) is 169 Å². The zero-order valence-corrected chi connectivity index (χ0v) is 25.7. The first-order chi connectivity index (χ1) is 22.7. The van der Waals surface area contributed by atoms with Crippen LogP contribution in [0.3, 0.4) is 0 Å². The summed E-state index contributed by atoms with van der Waals surface area (Å²) in [6, 6.07) is 65.2. The van der Waals surface area contributed by atoms with Gasteiger partial charge in [0.25, 0.3) is 0 Å². The third-order valence-electron chi connectivity index (χ3n) is 9.98. The SMILES string of the molecule is Cc1ccc2c(c1)-c1ccc3c(cc(-c4ccccc4)c4cc(-c5ccccc5)ccc43)c1C2(c1ccccc1)c1ccccc1. The fourth-order valence-electron chi connectivity index (χ4n) is 8.01. The van der Waals surface area contributed by atoms with Crippen molar-refractivity contribution in [2.45, 2.75) is 12.3 Å². The molecule has 1 aliphatic carbocycles. The average Bonchev–Trinajstić information content (AvgIpc) is 3.43. The topological polar surface area (TPSA) is 0 Å². The van der Waals surface area contributed by atoms with Crippen LogP contribution in [-0.2, 0) is 5.41 Å². The van der Waals surface area contributed by atoms with Gasteiger partial charge in [-0.3, -0.25) is 0 Å². The van der Waals surface area contributed by atoms with Crippen LogP contribution >= 0.6 is 0 Å². The highest BCUT2D eigenvalue weighted by Crippen LogP contribution is 2.59. The molecule has 0 N–H and O–H groups in total. The maximum atomic E-state index is 2.49. The predicted molar refractivity (Wildman–Crippen MR) is 194 cm³/mol. The van der Waals surface area contributed by atoms with Crippen LogP contribution in [0, 0.1) is 6.92 Å². The fraction of sp³-hybridized carbons (Fsp3) is 0.0435. The van der Waals surface area contributed by atoms with Crippen LogP contribution < -0.4 is 0 Å². The molecular formula is C46H32. The Kier molecular flexibility index (Phi) is 6.05. The molecular weight excluding hydrogens is 553 g/mol. The van der Waals surface area contributed by atoms with Crippen molar-refractivity contribution in [1.82, 2.24) is 0 Å². The highest BCUT2D eigenvalue weighted by molar-refractivity contribution is 6.17. The Morgan fingerprint density at radius 3 is 1.57 bits per heavy atom. The van der Waals surface area contributed by atoms with Gasteiger partial charge in [-0.05, 0) is 96.2 Å². The van der Waals surface area contributed by atoms with Crippen molar-refractivity contribution in [3.8, 4) is 33.4 Å². The number of hydrogen-bond donors (Lipinski definition) is 0. The first kappa shape index (κ1) is 26.7. The van der Waals surface area contributed by atoms with E-state index in [1.54, 1.807) is 0 Å². The molecule has 8 aromatic rings. The molecule has 46 heavy (non-hydrogen) atoms. The molecule has 0 fully saturated rings. The highest BCUT2D eigenvalue weighted by Gasteiger charge is 2.47. The van der Waals surface area contributed by atoms with E-state index < -0.39 is 5.41 Å². The third kappa shape index (κ3) is 3.87. The van der Waals surface area contributed by atoms with Crippen molar-refractivity contribution in [3.63, 3.8) is 0 Å². The minimum atomic E-state index is -0.466. The molecule has 0 radical (unpaired) electrons. The van der Waals surface area contributed by atoms with Gasteiger partial charge in [0, 0.05) is 0 Å². The van der Waals surface area contributed by atoms with Crippen LogP contribution in [0.25, 0.3) is 54.9 Å². The summed E-state index contributed by atoms with van der Waals surface area (Å²) in [5.41, 5.74) is 13.7. The van der Waals surface area contributed by atoms with Gasteiger partial charge < -0.3 is 0 Å². The van der Waals surface area contributed by atoms with Gasteiger partial charge in [-0.2, -0.15) is 0 Å². The normalized spacial score (nSPS) is 13.1. The standard InChI is InChI=1S/C46H32/c1-31-22-27-44-42(28-31)39-26-25-38-37-24-23-34(32-14-6-2-7-15-32)29-41(37)40(33-16-8-3-9-17-33)30-43(38)45(39)46(44,35-18-10-4-11-19-35)36-20-12-5-13-21-36/h2-30H,1H3. The summed E-state index contributed by atoms with van der Waals surface area (Å²) in [6.45, 7) is 2.21. The van der Waals surface area contributed by atoms with Gasteiger partial charge in [0.15, 0.2) is 0 Å². The van der Waals surface area contributed by atoms with E-state index in [-0.39, 0.29) is 0 Å². The maximum absolute atomic E-state index is 2.49. The maximum Gasteiger partial charge on any atom is 0.0719 e. The Morgan fingerprint density at radius 1 is 0.348 bits per heavy atom. The molecule has 216 valence electrons. The molecule has 0 aliphatic heterocycles. The van der Waals surface area contributed by atoms with Crippen LogP contribution in [-0.4, -0.2) is 0 Å². The van der Waals surface area contributed by atoms with Crippen LogP contribution in [0.2, 0.25) is 0 Å². The quantitative estimate of drug-likeness (QED) is 0.181. The molecule has 0 heterocycles.